The summed E-state index contributed by atoms with van der Waals surface area (Å²) in [5.74, 6) is -2.21. The van der Waals surface area contributed by atoms with E-state index in [1.54, 1.807) is 37.4 Å². The molecule has 30 heavy (non-hydrogen) atoms. The molecule has 4 rings (SSSR count). The standard InChI is InChI=1S/C17H16N6O5S2/c1-22-17(19-20-21-22)30-9-7-29-15-10(14(26)23(15)11(9)16(27)28)18-13(25)12(24)8-5-3-2-4-6-8/h2-6,10,12,15,24H,7H2,1H3,(H,18,25)(H,27,28)/t10?,12-,15-/m1/s1. The Morgan fingerprint density at radius 3 is 2.70 bits per heavy atom. The van der Waals surface area contributed by atoms with Crippen LogP contribution in [0.5, 0.6) is 0 Å². The number of carboxylic acids is 1. The van der Waals surface area contributed by atoms with E-state index >= 15 is 0 Å². The van der Waals surface area contributed by atoms with Crippen molar-refractivity contribution in [3.05, 3.63) is 46.5 Å². The fraction of sp³-hybridized carbons (Fsp3) is 0.294. The maximum absolute atomic E-state index is 12.7. The van der Waals surface area contributed by atoms with Crippen LogP contribution in [0.25, 0.3) is 0 Å². The molecule has 3 heterocycles. The molecule has 1 aromatic heterocycles. The van der Waals surface area contributed by atoms with Gasteiger partial charge in [0.15, 0.2) is 6.10 Å². The zero-order valence-electron chi connectivity index (χ0n) is 15.5. The van der Waals surface area contributed by atoms with Gasteiger partial charge in [0.2, 0.25) is 5.16 Å². The fourth-order valence-electron chi connectivity index (χ4n) is 3.11. The number of carboxylic acid groups (broad SMARTS) is 1. The lowest BCUT2D eigenvalue weighted by atomic mass is 10.0. The lowest BCUT2D eigenvalue weighted by Crippen LogP contribution is -2.70. The SMILES string of the molecule is Cn1nnnc1SC1=C(C(=O)O)N2C(=O)C(NC(=O)[C@H](O)c3ccccc3)[C@H]2SC1. The molecule has 13 heteroatoms. The minimum Gasteiger partial charge on any atom is -0.477 e. The number of β-lactam (4-membered cyclic amide) rings is 1. The number of thioether (sulfide) groups is 2. The summed E-state index contributed by atoms with van der Waals surface area (Å²) in [7, 11) is 1.63. The van der Waals surface area contributed by atoms with Crippen molar-refractivity contribution >= 4 is 41.3 Å². The van der Waals surface area contributed by atoms with Gasteiger partial charge in [-0.05, 0) is 27.8 Å². The highest BCUT2D eigenvalue weighted by Gasteiger charge is 2.54. The summed E-state index contributed by atoms with van der Waals surface area (Å²) in [6.45, 7) is 0. The molecule has 0 radical (unpaired) electrons. The van der Waals surface area contributed by atoms with E-state index in [1.807, 2.05) is 0 Å². The number of amides is 2. The quantitative estimate of drug-likeness (QED) is 0.504. The molecule has 2 aromatic rings. The lowest BCUT2D eigenvalue weighted by Gasteiger charge is -2.49. The summed E-state index contributed by atoms with van der Waals surface area (Å²) in [5.41, 5.74) is 0.253. The topological polar surface area (TPSA) is 151 Å². The van der Waals surface area contributed by atoms with Crippen molar-refractivity contribution in [2.45, 2.75) is 22.7 Å². The molecule has 0 saturated carbocycles. The van der Waals surface area contributed by atoms with Crippen LogP contribution >= 0.6 is 23.5 Å². The molecular formula is C17H16N6O5S2. The first kappa shape index (κ1) is 20.4. The molecule has 1 unspecified atom stereocenters. The Morgan fingerprint density at radius 2 is 2.07 bits per heavy atom. The zero-order chi connectivity index (χ0) is 21.4. The molecule has 1 fully saturated rings. The first-order chi connectivity index (χ1) is 14.4. The van der Waals surface area contributed by atoms with Crippen LogP contribution in [0.15, 0.2) is 46.1 Å². The van der Waals surface area contributed by atoms with Crippen LogP contribution in [-0.4, -0.2) is 70.3 Å². The van der Waals surface area contributed by atoms with Gasteiger partial charge in [0.05, 0.1) is 0 Å². The minimum absolute atomic E-state index is 0.147. The molecule has 1 saturated heterocycles. The summed E-state index contributed by atoms with van der Waals surface area (Å²) in [6, 6.07) is 7.42. The molecule has 2 amide bonds. The number of nitrogens with one attached hydrogen (secondary N) is 1. The smallest absolute Gasteiger partial charge is 0.353 e. The average molecular weight is 448 g/mol. The van der Waals surface area contributed by atoms with Gasteiger partial charge in [0, 0.05) is 17.7 Å². The van der Waals surface area contributed by atoms with E-state index in [1.165, 1.54) is 16.4 Å². The maximum atomic E-state index is 12.7. The Morgan fingerprint density at radius 1 is 1.33 bits per heavy atom. The van der Waals surface area contributed by atoms with Crippen LogP contribution in [0.2, 0.25) is 0 Å². The van der Waals surface area contributed by atoms with Gasteiger partial charge >= 0.3 is 5.97 Å². The summed E-state index contributed by atoms with van der Waals surface area (Å²) >= 11 is 2.40. The summed E-state index contributed by atoms with van der Waals surface area (Å²) < 4.78 is 1.40. The van der Waals surface area contributed by atoms with Gasteiger partial charge in [-0.2, -0.15) is 0 Å². The van der Waals surface area contributed by atoms with Gasteiger partial charge in [-0.15, -0.1) is 16.9 Å². The molecule has 11 nitrogen and oxygen atoms in total. The molecule has 0 spiro atoms. The number of carbonyl (C=O) groups is 3. The van der Waals surface area contributed by atoms with Gasteiger partial charge in [0.25, 0.3) is 11.8 Å². The zero-order valence-corrected chi connectivity index (χ0v) is 17.1. The number of carbonyl (C=O) groups excluding carboxylic acids is 2. The average Bonchev–Trinajstić information content (AvgIpc) is 3.15. The Labute approximate surface area is 178 Å². The number of aliphatic carboxylic acids is 1. The Balaban J connectivity index is 1.51. The molecule has 0 aliphatic carbocycles. The number of nitrogens with zero attached hydrogens (tertiary/aromatic N) is 5. The van der Waals surface area contributed by atoms with E-state index in [9.17, 15) is 24.6 Å². The number of tetrazole rings is 1. The number of aliphatic hydroxyl groups excluding tert-OH is 1. The molecule has 2 aliphatic rings. The van der Waals surface area contributed by atoms with E-state index in [4.69, 9.17) is 0 Å². The second kappa shape index (κ2) is 8.08. The number of fused-ring (bicyclic) bond motifs is 1. The highest BCUT2D eigenvalue weighted by molar-refractivity contribution is 8.06. The van der Waals surface area contributed by atoms with Crippen molar-refractivity contribution in [1.29, 1.82) is 0 Å². The number of aryl methyl sites for hydroxylation is 1. The predicted octanol–water partition coefficient (Wildman–Crippen LogP) is -0.268. The van der Waals surface area contributed by atoms with Crippen LogP contribution in [0.4, 0.5) is 0 Å². The van der Waals surface area contributed by atoms with Gasteiger partial charge in [0.1, 0.15) is 17.1 Å². The molecule has 1 aromatic carbocycles. The first-order valence-corrected chi connectivity index (χ1v) is 10.6. The molecule has 3 atom stereocenters. The van der Waals surface area contributed by atoms with Crippen molar-refractivity contribution in [3.8, 4) is 0 Å². The molecule has 156 valence electrons. The third-order valence-electron chi connectivity index (χ3n) is 4.59. The molecule has 0 bridgehead atoms. The normalized spacial score (nSPS) is 21.7. The van der Waals surface area contributed by atoms with Crippen molar-refractivity contribution < 1.29 is 24.6 Å². The van der Waals surface area contributed by atoms with E-state index in [-0.39, 0.29) is 5.70 Å². The first-order valence-electron chi connectivity index (χ1n) is 8.73. The summed E-state index contributed by atoms with van der Waals surface area (Å²) in [5, 5.41) is 33.3. The third kappa shape index (κ3) is 3.55. The van der Waals surface area contributed by atoms with E-state index < -0.39 is 35.3 Å². The highest BCUT2D eigenvalue weighted by Crippen LogP contribution is 2.44. The van der Waals surface area contributed by atoms with Crippen molar-refractivity contribution in [3.63, 3.8) is 0 Å². The second-order valence-corrected chi connectivity index (χ2v) is 8.64. The molecular weight excluding hydrogens is 432 g/mol. The maximum Gasteiger partial charge on any atom is 0.353 e. The summed E-state index contributed by atoms with van der Waals surface area (Å²) in [4.78, 5) is 38.5. The van der Waals surface area contributed by atoms with E-state index in [2.05, 4.69) is 20.8 Å². The van der Waals surface area contributed by atoms with Crippen LogP contribution in [0.1, 0.15) is 11.7 Å². The van der Waals surface area contributed by atoms with E-state index in [0.29, 0.717) is 21.4 Å². The van der Waals surface area contributed by atoms with Gasteiger partial charge in [-0.25, -0.2) is 9.48 Å². The molecule has 2 aliphatic heterocycles. The second-order valence-electron chi connectivity index (χ2n) is 6.47. The van der Waals surface area contributed by atoms with Crippen LogP contribution in [0, 0.1) is 0 Å². The monoisotopic (exact) mass is 448 g/mol. The minimum atomic E-state index is -1.43. The van der Waals surface area contributed by atoms with Gasteiger partial charge in [-0.1, -0.05) is 30.3 Å². The predicted molar refractivity (Wildman–Crippen MR) is 106 cm³/mol. The van der Waals surface area contributed by atoms with Crippen LogP contribution in [0.3, 0.4) is 0 Å². The fourth-order valence-corrected chi connectivity index (χ4v) is 5.49. The van der Waals surface area contributed by atoms with Crippen molar-refractivity contribution in [2.75, 3.05) is 5.75 Å². The van der Waals surface area contributed by atoms with Crippen LogP contribution < -0.4 is 5.32 Å². The number of aliphatic hydroxyl groups is 1. The Bertz CT molecular complexity index is 1040. The van der Waals surface area contributed by atoms with Crippen molar-refractivity contribution in [2.24, 2.45) is 7.05 Å². The van der Waals surface area contributed by atoms with Crippen molar-refractivity contribution in [1.82, 2.24) is 30.4 Å². The lowest BCUT2D eigenvalue weighted by molar-refractivity contribution is -0.151. The Kier molecular flexibility index (Phi) is 5.49. The largest absolute Gasteiger partial charge is 0.477 e. The van der Waals surface area contributed by atoms with Gasteiger partial charge < -0.3 is 15.5 Å². The Hall–Kier alpha value is -2.90. The number of hydrogen-bond acceptors (Lipinski definition) is 9. The number of aromatic nitrogens is 4. The highest BCUT2D eigenvalue weighted by atomic mass is 32.2. The number of rotatable bonds is 6. The summed E-state index contributed by atoms with van der Waals surface area (Å²) in [6.07, 6.45) is -1.43. The van der Waals surface area contributed by atoms with E-state index in [0.717, 1.165) is 16.7 Å². The van der Waals surface area contributed by atoms with Gasteiger partial charge in [-0.3, -0.25) is 14.5 Å². The number of benzene rings is 1. The number of hydrogen-bond donors (Lipinski definition) is 3. The molecule has 3 N–H and O–H groups in total. The van der Waals surface area contributed by atoms with Crippen LogP contribution in [-0.2, 0) is 21.4 Å². The third-order valence-corrected chi connectivity index (χ3v) is 7.17.